The molecule has 0 unspecified atom stereocenters. The number of benzene rings is 4. The Bertz CT molecular complexity index is 2660. The van der Waals surface area contributed by atoms with Gasteiger partial charge in [-0.15, -0.1) is 12.1 Å². The first-order chi connectivity index (χ1) is 23.0. The van der Waals surface area contributed by atoms with E-state index in [1.54, 1.807) is 6.20 Å². The van der Waals surface area contributed by atoms with E-state index in [0.29, 0.717) is 23.3 Å². The number of imidazole rings is 2. The molecule has 5 heterocycles. The van der Waals surface area contributed by atoms with Gasteiger partial charge in [0.15, 0.2) is 0 Å². The zero-order valence-corrected chi connectivity index (χ0v) is 29.2. The van der Waals surface area contributed by atoms with Crippen LogP contribution >= 0.6 is 0 Å². The molecule has 9 rings (SSSR count). The summed E-state index contributed by atoms with van der Waals surface area (Å²) in [4.78, 5) is 13.9. The summed E-state index contributed by atoms with van der Waals surface area (Å²) in [6.07, 6.45) is 11.4. The van der Waals surface area contributed by atoms with Crippen molar-refractivity contribution in [3.63, 3.8) is 0 Å². The van der Waals surface area contributed by atoms with Crippen molar-refractivity contribution in [3.8, 4) is 22.6 Å². The Kier molecular flexibility index (Phi) is 7.30. The topological polar surface area (TPSA) is 56.7 Å². The third kappa shape index (κ3) is 4.54. The molecule has 0 bridgehead atoms. The van der Waals surface area contributed by atoms with Gasteiger partial charge in [0.05, 0.1) is 11.3 Å². The Morgan fingerprint density at radius 2 is 1.23 bits per heavy atom. The first kappa shape index (κ1) is 30.3. The van der Waals surface area contributed by atoms with E-state index in [9.17, 15) is 0 Å². The van der Waals surface area contributed by atoms with Crippen LogP contribution in [0.15, 0.2) is 104 Å². The summed E-state index contributed by atoms with van der Waals surface area (Å²) in [6.45, 7) is 9.10. The average molecular weight is 805 g/mol. The molecule has 6 nitrogen and oxygen atoms in total. The van der Waals surface area contributed by atoms with E-state index in [4.69, 9.17) is 9.72 Å². The van der Waals surface area contributed by atoms with Gasteiger partial charge in [0.1, 0.15) is 0 Å². The molecule has 0 radical (unpaired) electrons. The van der Waals surface area contributed by atoms with Crippen molar-refractivity contribution in [1.29, 1.82) is 0 Å². The number of pyridine rings is 3. The van der Waals surface area contributed by atoms with Gasteiger partial charge in [0, 0.05) is 65.3 Å². The molecule has 0 aliphatic carbocycles. The predicted molar refractivity (Wildman–Crippen MR) is 190 cm³/mol. The van der Waals surface area contributed by atoms with E-state index in [1.165, 1.54) is 22.3 Å². The normalized spacial score (nSPS) is 12.0. The molecule has 0 fully saturated rings. The molecule has 0 amide bonds. The number of rotatable bonds is 5. The Balaban J connectivity index is 0.00000336. The molecular formula is C41H31N5OPt. The molecule has 0 saturated heterocycles. The van der Waals surface area contributed by atoms with E-state index in [0.717, 1.165) is 54.6 Å². The van der Waals surface area contributed by atoms with Gasteiger partial charge >= 0.3 is 21.1 Å². The van der Waals surface area contributed by atoms with Crippen molar-refractivity contribution in [2.75, 3.05) is 0 Å². The fraction of sp³-hybridized carbons (Fsp3) is 0.146. The first-order valence-corrected chi connectivity index (χ1v) is 16.1. The number of nitrogens with zero attached hydrogens (tertiary/aromatic N) is 5. The van der Waals surface area contributed by atoms with Gasteiger partial charge in [0.25, 0.3) is 0 Å². The molecule has 48 heavy (non-hydrogen) atoms. The Labute approximate surface area is 292 Å². The van der Waals surface area contributed by atoms with Gasteiger partial charge < -0.3 is 13.5 Å². The van der Waals surface area contributed by atoms with Crippen LogP contribution < -0.4 is 4.74 Å². The van der Waals surface area contributed by atoms with Crippen LogP contribution in [0.1, 0.15) is 50.7 Å². The molecule has 7 heteroatoms. The van der Waals surface area contributed by atoms with E-state index < -0.39 is 0 Å². The molecule has 0 aliphatic rings. The molecule has 0 aliphatic heterocycles. The van der Waals surface area contributed by atoms with E-state index in [-0.39, 0.29) is 21.1 Å². The van der Waals surface area contributed by atoms with Crippen molar-refractivity contribution in [2.24, 2.45) is 0 Å². The number of aromatic nitrogens is 5. The minimum absolute atomic E-state index is 0. The fourth-order valence-electron chi connectivity index (χ4n) is 7.23. The first-order valence-electron chi connectivity index (χ1n) is 16.1. The number of ether oxygens (including phenoxy) is 1. The summed E-state index contributed by atoms with van der Waals surface area (Å²) in [5.74, 6) is 1.97. The largest absolute Gasteiger partial charge is 2.00 e. The second-order valence-electron chi connectivity index (χ2n) is 12.8. The van der Waals surface area contributed by atoms with Crippen LogP contribution in [-0.4, -0.2) is 23.8 Å². The van der Waals surface area contributed by atoms with Crippen LogP contribution in [0.4, 0.5) is 0 Å². The summed E-state index contributed by atoms with van der Waals surface area (Å²) < 4.78 is 10.7. The van der Waals surface area contributed by atoms with Crippen LogP contribution in [0.3, 0.4) is 0 Å². The van der Waals surface area contributed by atoms with Crippen LogP contribution in [0.5, 0.6) is 11.5 Å². The summed E-state index contributed by atoms with van der Waals surface area (Å²) in [6, 6.07) is 30.6. The number of hydrogen-bond donors (Lipinski definition) is 0. The van der Waals surface area contributed by atoms with Gasteiger partial charge in [-0.3, -0.25) is 15.0 Å². The quantitative estimate of drug-likeness (QED) is 0.128. The molecule has 4 aromatic carbocycles. The van der Waals surface area contributed by atoms with Crippen molar-refractivity contribution in [3.05, 3.63) is 127 Å². The standard InChI is InChI=1S/C41H31N5O.Pt/c1-24(2)28-7-5-8-29(25(3)4)38(28)33-10-6-9-32-30-13-11-26(21-34(30)41-44-18-20-46(41)39(32)33)47-27-12-14-31-35(22-27)40-43-17-19-45(40)37-15-16-42-23-36(31)37;/h5-20,23-25H,1-4H3;/q-2;+2. The molecule has 0 atom stereocenters. The van der Waals surface area contributed by atoms with Gasteiger partial charge in [-0.25, -0.2) is 0 Å². The molecule has 5 aromatic heterocycles. The van der Waals surface area contributed by atoms with Gasteiger partial charge in [-0.2, -0.15) is 0 Å². The third-order valence-electron chi connectivity index (χ3n) is 9.34. The molecule has 236 valence electrons. The maximum absolute atomic E-state index is 6.45. The van der Waals surface area contributed by atoms with Crippen LogP contribution in [-0.2, 0) is 21.1 Å². The Morgan fingerprint density at radius 3 is 1.90 bits per heavy atom. The number of fused-ring (bicyclic) bond motifs is 12. The van der Waals surface area contributed by atoms with Crippen molar-refractivity contribution in [2.45, 2.75) is 39.5 Å². The Hall–Kier alpha value is -5.06. The van der Waals surface area contributed by atoms with Gasteiger partial charge in [-0.05, 0) is 45.4 Å². The molecular weight excluding hydrogens is 774 g/mol. The Morgan fingerprint density at radius 1 is 0.625 bits per heavy atom. The van der Waals surface area contributed by atoms with Crippen LogP contribution in [0, 0.1) is 12.1 Å². The van der Waals surface area contributed by atoms with Crippen LogP contribution in [0.2, 0.25) is 0 Å². The van der Waals surface area contributed by atoms with Crippen molar-refractivity contribution in [1.82, 2.24) is 23.8 Å². The molecule has 0 spiro atoms. The van der Waals surface area contributed by atoms with Gasteiger partial charge in [-0.1, -0.05) is 110 Å². The molecule has 0 saturated carbocycles. The fourth-order valence-corrected chi connectivity index (χ4v) is 7.23. The zero-order chi connectivity index (χ0) is 31.8. The maximum Gasteiger partial charge on any atom is 2.00 e. The minimum atomic E-state index is 0. The minimum Gasteiger partial charge on any atom is -0.497 e. The number of para-hydroxylation sites is 1. The SMILES string of the molecule is CC(C)c1cccc(C(C)C)c1-c1cccc2c3ccc(Oc4[c-]c5c(cc4)c4cnccc4n4ccnc54)[c-]c3c3nccn3c12.[Pt+2]. The van der Waals surface area contributed by atoms with Gasteiger partial charge in [0.2, 0.25) is 0 Å². The zero-order valence-electron chi connectivity index (χ0n) is 26.9. The van der Waals surface area contributed by atoms with E-state index in [2.05, 4.69) is 113 Å². The molecule has 0 N–H and O–H groups in total. The maximum atomic E-state index is 6.45. The second-order valence-corrected chi connectivity index (χ2v) is 12.8. The molecule has 9 aromatic rings. The van der Waals surface area contributed by atoms with Crippen molar-refractivity contribution >= 4 is 54.6 Å². The second kappa shape index (κ2) is 11.6. The number of hydrogen-bond acceptors (Lipinski definition) is 4. The smallest absolute Gasteiger partial charge is 0.497 e. The summed E-state index contributed by atoms with van der Waals surface area (Å²) in [7, 11) is 0. The van der Waals surface area contributed by atoms with E-state index in [1.807, 2.05) is 43.0 Å². The monoisotopic (exact) mass is 804 g/mol. The van der Waals surface area contributed by atoms with Crippen molar-refractivity contribution < 1.29 is 25.8 Å². The summed E-state index contributed by atoms with van der Waals surface area (Å²) in [5, 5.41) is 6.10. The summed E-state index contributed by atoms with van der Waals surface area (Å²) in [5.41, 5.74) is 9.14. The van der Waals surface area contributed by atoms with Crippen LogP contribution in [0.25, 0.3) is 65.8 Å². The van der Waals surface area contributed by atoms with E-state index >= 15 is 0 Å². The predicted octanol–water partition coefficient (Wildman–Crippen LogP) is 10.3. The average Bonchev–Trinajstić information content (AvgIpc) is 3.79. The summed E-state index contributed by atoms with van der Waals surface area (Å²) >= 11 is 0. The third-order valence-corrected chi connectivity index (χ3v) is 9.34.